The SMILES string of the molecule is CCCCCCC/C=C/CCCCCCCC(=O)OC[C@H](CO[C@@H]1O[C@H](CO)[C@H](O)C(O)C1O)OC(=O)CCC/C=C/C/C=C/C/C=C/CCCCCCCC. The zero-order chi connectivity index (χ0) is 40.9. The first-order valence-corrected chi connectivity index (χ1v) is 22.2. The molecule has 0 bridgehead atoms. The Morgan fingerprint density at radius 1 is 0.554 bits per heavy atom. The van der Waals surface area contributed by atoms with Gasteiger partial charge in [0.15, 0.2) is 12.4 Å². The third-order valence-corrected chi connectivity index (χ3v) is 9.94. The van der Waals surface area contributed by atoms with E-state index in [1.165, 1.54) is 77.0 Å². The Morgan fingerprint density at radius 3 is 1.57 bits per heavy atom. The van der Waals surface area contributed by atoms with Crippen molar-refractivity contribution in [2.24, 2.45) is 0 Å². The summed E-state index contributed by atoms with van der Waals surface area (Å²) in [5, 5.41) is 40.0. The Balaban J connectivity index is 2.39. The predicted octanol–water partition coefficient (Wildman–Crippen LogP) is 9.28. The molecule has 0 amide bonds. The van der Waals surface area contributed by atoms with Crippen LogP contribution in [-0.4, -0.2) is 89.0 Å². The Kier molecular flexibility index (Phi) is 34.1. The number of allylic oxidation sites excluding steroid dienone is 8. The molecular formula is C46H80O10. The van der Waals surface area contributed by atoms with Crippen LogP contribution in [0.3, 0.4) is 0 Å². The van der Waals surface area contributed by atoms with Gasteiger partial charge in [-0.2, -0.15) is 0 Å². The van der Waals surface area contributed by atoms with E-state index in [-0.39, 0.29) is 26.1 Å². The van der Waals surface area contributed by atoms with Crippen LogP contribution in [-0.2, 0) is 28.5 Å². The van der Waals surface area contributed by atoms with Gasteiger partial charge in [0.05, 0.1) is 13.2 Å². The number of aliphatic hydroxyl groups is 4. The minimum atomic E-state index is -1.61. The number of ether oxygens (including phenoxy) is 4. The summed E-state index contributed by atoms with van der Waals surface area (Å²) >= 11 is 0. The summed E-state index contributed by atoms with van der Waals surface area (Å²) in [7, 11) is 0. The highest BCUT2D eigenvalue weighted by Crippen LogP contribution is 2.22. The van der Waals surface area contributed by atoms with Gasteiger partial charge >= 0.3 is 11.9 Å². The molecule has 1 aliphatic heterocycles. The second-order valence-electron chi connectivity index (χ2n) is 15.1. The maximum absolute atomic E-state index is 12.7. The van der Waals surface area contributed by atoms with Gasteiger partial charge in [0.1, 0.15) is 31.0 Å². The monoisotopic (exact) mass is 793 g/mol. The number of aliphatic hydroxyl groups excluding tert-OH is 4. The summed E-state index contributed by atoms with van der Waals surface area (Å²) in [6.45, 7) is 3.34. The van der Waals surface area contributed by atoms with Crippen LogP contribution >= 0.6 is 0 Å². The second kappa shape index (κ2) is 37.0. The lowest BCUT2D eigenvalue weighted by Gasteiger charge is -2.39. The average Bonchev–Trinajstić information content (AvgIpc) is 3.19. The second-order valence-corrected chi connectivity index (χ2v) is 15.1. The molecule has 0 aromatic carbocycles. The Labute approximate surface area is 339 Å². The van der Waals surface area contributed by atoms with E-state index in [0.717, 1.165) is 51.4 Å². The first-order valence-electron chi connectivity index (χ1n) is 22.2. The van der Waals surface area contributed by atoms with Gasteiger partial charge < -0.3 is 39.4 Å². The lowest BCUT2D eigenvalue weighted by Crippen LogP contribution is -2.59. The minimum Gasteiger partial charge on any atom is -0.462 e. The molecule has 1 aliphatic rings. The summed E-state index contributed by atoms with van der Waals surface area (Å²) in [6.07, 6.45) is 35.5. The molecule has 0 aromatic rings. The standard InChI is InChI=1S/C46H80O10/c1-3-5-7-9-11-13-15-17-19-20-21-23-25-27-29-31-33-35-42(49)55-39(38-54-46-45(52)44(51)43(50)40(36-47)56-46)37-53-41(48)34-32-30-28-26-24-22-18-16-14-12-10-8-6-4-2/h16-19,21,23,27,29,39-40,43-47,50-52H,3-15,20,22,24-26,28,30-38H2,1-2H3/b18-16+,19-17+,23-21+,29-27+/t39-,40-,43+,44?,45?,46-/m1/s1. The third kappa shape index (κ3) is 28.1. The number of rotatable bonds is 36. The molecule has 4 N–H and O–H groups in total. The molecule has 0 aliphatic carbocycles. The molecule has 0 aromatic heterocycles. The first kappa shape index (κ1) is 51.7. The molecule has 10 nitrogen and oxygen atoms in total. The maximum Gasteiger partial charge on any atom is 0.306 e. The van der Waals surface area contributed by atoms with Crippen molar-refractivity contribution in [1.29, 1.82) is 0 Å². The van der Waals surface area contributed by atoms with Crippen molar-refractivity contribution < 1.29 is 49.0 Å². The van der Waals surface area contributed by atoms with Crippen molar-refractivity contribution in [1.82, 2.24) is 0 Å². The van der Waals surface area contributed by atoms with Gasteiger partial charge in [0.25, 0.3) is 0 Å². The molecule has 0 radical (unpaired) electrons. The third-order valence-electron chi connectivity index (χ3n) is 9.94. The normalized spacial score (nSPS) is 20.9. The van der Waals surface area contributed by atoms with E-state index >= 15 is 0 Å². The van der Waals surface area contributed by atoms with Gasteiger partial charge in [-0.05, 0) is 70.6 Å². The van der Waals surface area contributed by atoms with E-state index in [9.17, 15) is 30.0 Å². The lowest BCUT2D eigenvalue weighted by atomic mass is 9.99. The van der Waals surface area contributed by atoms with Gasteiger partial charge in [-0.25, -0.2) is 0 Å². The quantitative estimate of drug-likeness (QED) is 0.0275. The van der Waals surface area contributed by atoms with Crippen molar-refractivity contribution >= 4 is 11.9 Å². The molecule has 1 saturated heterocycles. The van der Waals surface area contributed by atoms with E-state index in [2.05, 4.69) is 56.4 Å². The Bertz CT molecular complexity index is 1050. The van der Waals surface area contributed by atoms with Gasteiger partial charge in [0.2, 0.25) is 0 Å². The lowest BCUT2D eigenvalue weighted by molar-refractivity contribution is -0.305. The zero-order valence-electron chi connectivity index (χ0n) is 35.1. The molecule has 1 fully saturated rings. The molecular weight excluding hydrogens is 712 g/mol. The number of hydrogen-bond acceptors (Lipinski definition) is 10. The summed E-state index contributed by atoms with van der Waals surface area (Å²) < 4.78 is 22.1. The fraction of sp³-hybridized carbons (Fsp3) is 0.783. The average molecular weight is 793 g/mol. The molecule has 324 valence electrons. The van der Waals surface area contributed by atoms with Crippen molar-refractivity contribution in [2.75, 3.05) is 19.8 Å². The molecule has 10 heteroatoms. The van der Waals surface area contributed by atoms with Crippen LogP contribution < -0.4 is 0 Å². The molecule has 2 unspecified atom stereocenters. The van der Waals surface area contributed by atoms with Gasteiger partial charge in [0, 0.05) is 12.8 Å². The van der Waals surface area contributed by atoms with E-state index in [1.54, 1.807) is 0 Å². The minimum absolute atomic E-state index is 0.156. The smallest absolute Gasteiger partial charge is 0.306 e. The fourth-order valence-electron chi connectivity index (χ4n) is 6.37. The van der Waals surface area contributed by atoms with Crippen LogP contribution in [0.4, 0.5) is 0 Å². The molecule has 6 atom stereocenters. The highest BCUT2D eigenvalue weighted by molar-refractivity contribution is 5.70. The molecule has 1 rings (SSSR count). The number of esters is 2. The van der Waals surface area contributed by atoms with Crippen molar-refractivity contribution in [3.8, 4) is 0 Å². The van der Waals surface area contributed by atoms with E-state index in [4.69, 9.17) is 18.9 Å². The van der Waals surface area contributed by atoms with Crippen LogP contribution in [0.5, 0.6) is 0 Å². The highest BCUT2D eigenvalue weighted by Gasteiger charge is 2.44. The van der Waals surface area contributed by atoms with Gasteiger partial charge in [-0.1, -0.05) is 140 Å². The maximum atomic E-state index is 12.7. The topological polar surface area (TPSA) is 152 Å². The largest absolute Gasteiger partial charge is 0.462 e. The molecule has 0 saturated carbocycles. The number of carbonyl (C=O) groups is 2. The van der Waals surface area contributed by atoms with E-state index in [1.807, 2.05) is 6.08 Å². The number of unbranched alkanes of at least 4 members (excludes halogenated alkanes) is 17. The zero-order valence-corrected chi connectivity index (χ0v) is 35.1. The molecule has 56 heavy (non-hydrogen) atoms. The van der Waals surface area contributed by atoms with Crippen LogP contribution in [0.15, 0.2) is 48.6 Å². The Hall–Kier alpha value is -2.34. The van der Waals surface area contributed by atoms with Gasteiger partial charge in [-0.15, -0.1) is 0 Å². The van der Waals surface area contributed by atoms with Crippen molar-refractivity contribution in [2.45, 2.75) is 211 Å². The summed E-state index contributed by atoms with van der Waals surface area (Å²) in [4.78, 5) is 25.3. The predicted molar refractivity (Wildman–Crippen MR) is 224 cm³/mol. The molecule has 1 heterocycles. The van der Waals surface area contributed by atoms with Crippen LogP contribution in [0.2, 0.25) is 0 Å². The molecule has 0 spiro atoms. The Morgan fingerprint density at radius 2 is 1.02 bits per heavy atom. The van der Waals surface area contributed by atoms with Crippen LogP contribution in [0.1, 0.15) is 174 Å². The summed E-state index contributed by atoms with van der Waals surface area (Å²) in [5.41, 5.74) is 0. The van der Waals surface area contributed by atoms with E-state index in [0.29, 0.717) is 19.3 Å². The number of hydrogen-bond donors (Lipinski definition) is 4. The van der Waals surface area contributed by atoms with E-state index < -0.39 is 55.4 Å². The van der Waals surface area contributed by atoms with Crippen LogP contribution in [0.25, 0.3) is 0 Å². The highest BCUT2D eigenvalue weighted by atomic mass is 16.7. The van der Waals surface area contributed by atoms with Crippen molar-refractivity contribution in [3.05, 3.63) is 48.6 Å². The van der Waals surface area contributed by atoms with Crippen molar-refractivity contribution in [3.63, 3.8) is 0 Å². The van der Waals surface area contributed by atoms with Crippen LogP contribution in [0, 0.1) is 0 Å². The number of carbonyl (C=O) groups excluding carboxylic acids is 2. The van der Waals surface area contributed by atoms with Gasteiger partial charge in [-0.3, -0.25) is 9.59 Å². The first-order chi connectivity index (χ1) is 27.3. The summed E-state index contributed by atoms with van der Waals surface area (Å²) in [6, 6.07) is 0. The summed E-state index contributed by atoms with van der Waals surface area (Å²) in [5.74, 6) is -0.879. The fourth-order valence-corrected chi connectivity index (χ4v) is 6.37.